The summed E-state index contributed by atoms with van der Waals surface area (Å²) < 4.78 is 0. The number of pyridine rings is 1. The summed E-state index contributed by atoms with van der Waals surface area (Å²) in [6.45, 7) is 3.93. The van der Waals surface area contributed by atoms with Gasteiger partial charge in [0.05, 0.1) is 11.9 Å². The van der Waals surface area contributed by atoms with Crippen molar-refractivity contribution in [2.24, 2.45) is 5.84 Å². The van der Waals surface area contributed by atoms with Gasteiger partial charge in [-0.05, 0) is 43.2 Å². The molecule has 0 saturated carbocycles. The van der Waals surface area contributed by atoms with E-state index >= 15 is 0 Å². The van der Waals surface area contributed by atoms with Crippen molar-refractivity contribution in [3.05, 3.63) is 53.3 Å². The van der Waals surface area contributed by atoms with Gasteiger partial charge in [-0.15, -0.1) is 0 Å². The van der Waals surface area contributed by atoms with Crippen molar-refractivity contribution in [3.8, 4) is 0 Å². The molecule has 19 heavy (non-hydrogen) atoms. The van der Waals surface area contributed by atoms with Crippen LogP contribution in [0.1, 0.15) is 21.6 Å². The molecule has 0 unspecified atom stereocenters. The van der Waals surface area contributed by atoms with Gasteiger partial charge in [-0.3, -0.25) is 10.6 Å². The number of amides is 1. The molecule has 98 valence electrons. The van der Waals surface area contributed by atoms with Crippen LogP contribution in [0.15, 0.2) is 36.5 Å². The summed E-state index contributed by atoms with van der Waals surface area (Å²) in [5.74, 6) is 5.01. The minimum absolute atomic E-state index is 0.239. The van der Waals surface area contributed by atoms with Gasteiger partial charge in [0.25, 0.3) is 5.91 Å². The maximum Gasteiger partial charge on any atom is 0.274 e. The maximum absolute atomic E-state index is 12.1. The van der Waals surface area contributed by atoms with Crippen molar-refractivity contribution in [3.63, 3.8) is 0 Å². The first kappa shape index (κ1) is 13.0. The molecule has 0 fully saturated rings. The topological polar surface area (TPSA) is 80.0 Å². The molecule has 0 aliphatic rings. The predicted molar refractivity (Wildman–Crippen MR) is 75.9 cm³/mol. The third-order valence-corrected chi connectivity index (χ3v) is 2.80. The highest BCUT2D eigenvalue weighted by atomic mass is 16.1. The highest BCUT2D eigenvalue weighted by molar-refractivity contribution is 6.03. The third kappa shape index (κ3) is 3.08. The Balaban J connectivity index is 2.18. The highest BCUT2D eigenvalue weighted by Crippen LogP contribution is 2.17. The standard InChI is InChI=1S/C14H16N4O/c1-9-3-4-10(2)13(7-9)17-14(19)12-6-5-11(18-15)8-16-12/h3-8,18H,15H2,1-2H3,(H,17,19). The SMILES string of the molecule is Cc1ccc(C)c(NC(=O)c2ccc(NN)cn2)c1. The number of benzene rings is 1. The van der Waals surface area contributed by atoms with Gasteiger partial charge in [0.1, 0.15) is 5.69 Å². The van der Waals surface area contributed by atoms with Crippen LogP contribution in [0.4, 0.5) is 11.4 Å². The molecule has 2 aromatic rings. The van der Waals surface area contributed by atoms with Gasteiger partial charge in [-0.2, -0.15) is 0 Å². The van der Waals surface area contributed by atoms with Crippen molar-refractivity contribution in [1.82, 2.24) is 4.98 Å². The number of aryl methyl sites for hydroxylation is 2. The van der Waals surface area contributed by atoms with Crippen molar-refractivity contribution >= 4 is 17.3 Å². The number of carbonyl (C=O) groups is 1. The Bertz CT molecular complexity index is 593. The molecule has 0 aliphatic carbocycles. The largest absolute Gasteiger partial charge is 0.323 e. The van der Waals surface area contributed by atoms with Crippen molar-refractivity contribution in [1.29, 1.82) is 0 Å². The number of nitrogens with zero attached hydrogens (tertiary/aromatic N) is 1. The molecule has 1 aromatic heterocycles. The average molecular weight is 256 g/mol. The first-order valence-electron chi connectivity index (χ1n) is 5.91. The summed E-state index contributed by atoms with van der Waals surface area (Å²) in [7, 11) is 0. The summed E-state index contributed by atoms with van der Waals surface area (Å²) in [6.07, 6.45) is 1.51. The fourth-order valence-corrected chi connectivity index (χ4v) is 1.67. The molecule has 1 amide bonds. The zero-order valence-corrected chi connectivity index (χ0v) is 10.9. The first-order chi connectivity index (χ1) is 9.10. The molecule has 1 heterocycles. The Hall–Kier alpha value is -2.40. The van der Waals surface area contributed by atoms with E-state index in [1.165, 1.54) is 6.20 Å². The number of carbonyl (C=O) groups excluding carboxylic acids is 1. The smallest absolute Gasteiger partial charge is 0.274 e. The van der Waals surface area contributed by atoms with Crippen LogP contribution in [0.2, 0.25) is 0 Å². The second-order valence-corrected chi connectivity index (χ2v) is 4.35. The summed E-state index contributed by atoms with van der Waals surface area (Å²) in [5.41, 5.74) is 6.37. The van der Waals surface area contributed by atoms with Crippen LogP contribution in [0.3, 0.4) is 0 Å². The van der Waals surface area contributed by atoms with Crippen LogP contribution >= 0.6 is 0 Å². The fraction of sp³-hybridized carbons (Fsp3) is 0.143. The summed E-state index contributed by atoms with van der Waals surface area (Å²) in [4.78, 5) is 16.1. The second-order valence-electron chi connectivity index (χ2n) is 4.35. The Morgan fingerprint density at radius 2 is 2.00 bits per heavy atom. The zero-order chi connectivity index (χ0) is 13.8. The van der Waals surface area contributed by atoms with Crippen LogP contribution in [-0.4, -0.2) is 10.9 Å². The molecule has 5 nitrogen and oxygen atoms in total. The van der Waals surface area contributed by atoms with Gasteiger partial charge in [-0.1, -0.05) is 12.1 Å². The molecule has 4 N–H and O–H groups in total. The third-order valence-electron chi connectivity index (χ3n) is 2.80. The van der Waals surface area contributed by atoms with E-state index in [2.05, 4.69) is 15.7 Å². The summed E-state index contributed by atoms with van der Waals surface area (Å²) >= 11 is 0. The van der Waals surface area contributed by atoms with Gasteiger partial charge < -0.3 is 10.7 Å². The number of hydrogen-bond acceptors (Lipinski definition) is 4. The molecule has 0 radical (unpaired) electrons. The maximum atomic E-state index is 12.1. The van der Waals surface area contributed by atoms with Crippen molar-refractivity contribution in [2.45, 2.75) is 13.8 Å². The van der Waals surface area contributed by atoms with Crippen LogP contribution in [0, 0.1) is 13.8 Å². The number of hydrogen-bond donors (Lipinski definition) is 3. The van der Waals surface area contributed by atoms with Gasteiger partial charge in [-0.25, -0.2) is 4.98 Å². The number of nitrogen functional groups attached to an aromatic ring is 1. The summed E-state index contributed by atoms with van der Waals surface area (Å²) in [6, 6.07) is 9.23. The molecular weight excluding hydrogens is 240 g/mol. The van der Waals surface area contributed by atoms with Crippen LogP contribution < -0.4 is 16.6 Å². The Kier molecular flexibility index (Phi) is 3.77. The van der Waals surface area contributed by atoms with E-state index < -0.39 is 0 Å². The van der Waals surface area contributed by atoms with Crippen LogP contribution in [0.25, 0.3) is 0 Å². The molecule has 2 rings (SSSR count). The van der Waals surface area contributed by atoms with E-state index in [1.807, 2.05) is 32.0 Å². The van der Waals surface area contributed by atoms with E-state index in [0.29, 0.717) is 11.4 Å². The second kappa shape index (κ2) is 5.49. The number of nitrogens with two attached hydrogens (primary N) is 1. The van der Waals surface area contributed by atoms with E-state index in [4.69, 9.17) is 5.84 Å². The van der Waals surface area contributed by atoms with Crippen LogP contribution in [0.5, 0.6) is 0 Å². The van der Waals surface area contributed by atoms with E-state index in [9.17, 15) is 4.79 Å². The average Bonchev–Trinajstić information content (AvgIpc) is 2.43. The lowest BCUT2D eigenvalue weighted by Gasteiger charge is -2.09. The van der Waals surface area contributed by atoms with Crippen LogP contribution in [-0.2, 0) is 0 Å². The number of hydrazine groups is 1. The number of aromatic nitrogens is 1. The lowest BCUT2D eigenvalue weighted by atomic mass is 10.1. The Labute approximate surface area is 111 Å². The van der Waals surface area contributed by atoms with Gasteiger partial charge >= 0.3 is 0 Å². The van der Waals surface area contributed by atoms with E-state index in [0.717, 1.165) is 16.8 Å². The summed E-state index contributed by atoms with van der Waals surface area (Å²) in [5, 5.41) is 2.85. The van der Waals surface area contributed by atoms with Gasteiger partial charge in [0, 0.05) is 5.69 Å². The number of nitrogens with one attached hydrogen (secondary N) is 2. The Morgan fingerprint density at radius 1 is 1.21 bits per heavy atom. The quantitative estimate of drug-likeness (QED) is 0.581. The lowest BCUT2D eigenvalue weighted by Crippen LogP contribution is -2.15. The van der Waals surface area contributed by atoms with E-state index in [-0.39, 0.29) is 5.91 Å². The molecule has 0 aliphatic heterocycles. The van der Waals surface area contributed by atoms with Gasteiger partial charge in [0.2, 0.25) is 0 Å². The molecule has 0 bridgehead atoms. The van der Waals surface area contributed by atoms with E-state index in [1.54, 1.807) is 12.1 Å². The molecule has 5 heteroatoms. The lowest BCUT2D eigenvalue weighted by molar-refractivity contribution is 0.102. The minimum atomic E-state index is -0.239. The monoisotopic (exact) mass is 256 g/mol. The molecule has 1 aromatic carbocycles. The number of anilines is 2. The number of rotatable bonds is 3. The van der Waals surface area contributed by atoms with Crippen molar-refractivity contribution in [2.75, 3.05) is 10.7 Å². The minimum Gasteiger partial charge on any atom is -0.323 e. The Morgan fingerprint density at radius 3 is 2.63 bits per heavy atom. The zero-order valence-electron chi connectivity index (χ0n) is 10.9. The van der Waals surface area contributed by atoms with Gasteiger partial charge in [0.15, 0.2) is 0 Å². The van der Waals surface area contributed by atoms with Crippen molar-refractivity contribution < 1.29 is 4.79 Å². The normalized spacial score (nSPS) is 10.1. The predicted octanol–water partition coefficient (Wildman–Crippen LogP) is 2.24. The molecule has 0 saturated heterocycles. The molecule has 0 spiro atoms. The molecular formula is C14H16N4O. The highest BCUT2D eigenvalue weighted by Gasteiger charge is 2.09. The fourth-order valence-electron chi connectivity index (χ4n) is 1.67. The molecule has 0 atom stereocenters. The first-order valence-corrected chi connectivity index (χ1v) is 5.91.